The predicted octanol–water partition coefficient (Wildman–Crippen LogP) is 4.28. The Hall–Kier alpha value is -2.02. The third kappa shape index (κ3) is 3.55. The van der Waals surface area contributed by atoms with Crippen LogP contribution in [0.3, 0.4) is 0 Å². The molecule has 2 N–H and O–H groups in total. The zero-order valence-electron chi connectivity index (χ0n) is 11.8. The van der Waals surface area contributed by atoms with Gasteiger partial charge in [-0.2, -0.15) is 0 Å². The number of hydrogen-bond acceptors (Lipinski definition) is 3. The Morgan fingerprint density at radius 2 is 2.00 bits per heavy atom. The maximum atomic E-state index is 11.7. The number of ether oxygens (including phenoxy) is 1. The van der Waals surface area contributed by atoms with Crippen LogP contribution in [0, 0.1) is 0 Å². The van der Waals surface area contributed by atoms with E-state index in [1.807, 2.05) is 0 Å². The molecule has 0 aliphatic heterocycles. The van der Waals surface area contributed by atoms with Crippen molar-refractivity contribution in [3.63, 3.8) is 0 Å². The van der Waals surface area contributed by atoms with Crippen LogP contribution in [0.1, 0.15) is 20.8 Å². The molecule has 1 amide bonds. The number of amides is 1. The van der Waals surface area contributed by atoms with E-state index in [-0.39, 0.29) is 0 Å². The Bertz CT molecular complexity index is 716. The molecule has 1 aromatic heterocycles. The summed E-state index contributed by atoms with van der Waals surface area (Å²) in [5, 5.41) is 12.4. The fraction of sp³-hybridized carbons (Fsp3) is 0.286. The number of carbonyl (C=O) groups excluding carboxylic acids is 1. The van der Waals surface area contributed by atoms with Gasteiger partial charge in [0.1, 0.15) is 5.60 Å². The van der Waals surface area contributed by atoms with Crippen LogP contribution >= 0.6 is 15.9 Å². The van der Waals surface area contributed by atoms with E-state index in [1.165, 1.54) is 6.20 Å². The van der Waals surface area contributed by atoms with E-state index in [2.05, 4.69) is 21.2 Å². The molecule has 0 aliphatic carbocycles. The molecule has 0 saturated heterocycles. The average Bonchev–Trinajstić information content (AvgIpc) is 2.64. The molecule has 0 unspecified atom stereocenters. The van der Waals surface area contributed by atoms with E-state index in [4.69, 9.17) is 9.84 Å². The van der Waals surface area contributed by atoms with Gasteiger partial charge in [-0.15, -0.1) is 0 Å². The molecule has 0 aliphatic rings. The van der Waals surface area contributed by atoms with Crippen molar-refractivity contribution >= 4 is 44.7 Å². The minimum Gasteiger partial charge on any atom is -0.464 e. The van der Waals surface area contributed by atoms with Crippen molar-refractivity contribution in [1.29, 1.82) is 0 Å². The molecule has 0 bridgehead atoms. The molecule has 21 heavy (non-hydrogen) atoms. The molecular formula is C14H15BrN2O4. The summed E-state index contributed by atoms with van der Waals surface area (Å²) in [5.74, 6) is 0. The average molecular weight is 355 g/mol. The van der Waals surface area contributed by atoms with Gasteiger partial charge in [0.25, 0.3) is 0 Å². The molecule has 0 saturated carbocycles. The Balaban J connectivity index is 2.30. The summed E-state index contributed by atoms with van der Waals surface area (Å²) >= 11 is 3.31. The van der Waals surface area contributed by atoms with Crippen LogP contribution in [0.15, 0.2) is 28.9 Å². The van der Waals surface area contributed by atoms with Crippen LogP contribution in [0.25, 0.3) is 10.9 Å². The number of benzene rings is 1. The number of nitrogens with one attached hydrogen (secondary N) is 1. The summed E-state index contributed by atoms with van der Waals surface area (Å²) in [6.07, 6.45) is -0.168. The quantitative estimate of drug-likeness (QED) is 0.800. The number of nitrogens with zero attached hydrogens (tertiary/aromatic N) is 1. The molecule has 6 nitrogen and oxygen atoms in total. The highest BCUT2D eigenvalue weighted by atomic mass is 79.9. The van der Waals surface area contributed by atoms with E-state index >= 15 is 0 Å². The van der Waals surface area contributed by atoms with Crippen molar-refractivity contribution in [1.82, 2.24) is 4.57 Å². The van der Waals surface area contributed by atoms with Gasteiger partial charge >= 0.3 is 12.2 Å². The van der Waals surface area contributed by atoms with Crippen LogP contribution in [0.5, 0.6) is 0 Å². The standard InChI is InChI=1S/C14H15BrN2O4/c1-14(2,3)21-12(18)16-8-4-5-11-9(6-8)10(15)7-17(11)13(19)20/h4-7H,1-3H3,(H,16,18)(H,19,20). The second kappa shape index (κ2) is 5.40. The van der Waals surface area contributed by atoms with Crippen molar-refractivity contribution < 1.29 is 19.4 Å². The van der Waals surface area contributed by atoms with E-state index in [1.54, 1.807) is 39.0 Å². The summed E-state index contributed by atoms with van der Waals surface area (Å²) in [4.78, 5) is 22.8. The molecule has 7 heteroatoms. The second-order valence-corrected chi connectivity index (χ2v) is 6.34. The molecule has 0 radical (unpaired) electrons. The van der Waals surface area contributed by atoms with Crippen molar-refractivity contribution in [2.45, 2.75) is 26.4 Å². The lowest BCUT2D eigenvalue weighted by atomic mass is 10.2. The molecule has 2 aromatic rings. The maximum Gasteiger partial charge on any atom is 0.416 e. The van der Waals surface area contributed by atoms with Crippen molar-refractivity contribution in [2.75, 3.05) is 5.32 Å². The molecular weight excluding hydrogens is 340 g/mol. The van der Waals surface area contributed by atoms with Crippen molar-refractivity contribution in [3.8, 4) is 0 Å². The molecule has 1 heterocycles. The number of hydrogen-bond donors (Lipinski definition) is 2. The Labute approximate surface area is 129 Å². The summed E-state index contributed by atoms with van der Waals surface area (Å²) < 4.78 is 6.91. The molecule has 0 spiro atoms. The normalized spacial score (nSPS) is 11.4. The molecule has 2 rings (SSSR count). The molecule has 112 valence electrons. The van der Waals surface area contributed by atoms with Gasteiger partial charge in [-0.3, -0.25) is 9.88 Å². The summed E-state index contributed by atoms with van der Waals surface area (Å²) in [5.41, 5.74) is 0.478. The summed E-state index contributed by atoms with van der Waals surface area (Å²) in [6, 6.07) is 4.93. The number of fused-ring (bicyclic) bond motifs is 1. The monoisotopic (exact) mass is 354 g/mol. The second-order valence-electron chi connectivity index (χ2n) is 5.49. The number of carboxylic acid groups (broad SMARTS) is 1. The van der Waals surface area contributed by atoms with Crippen LogP contribution < -0.4 is 5.32 Å². The highest BCUT2D eigenvalue weighted by Crippen LogP contribution is 2.29. The van der Waals surface area contributed by atoms with Gasteiger partial charge in [0.05, 0.1) is 5.52 Å². The maximum absolute atomic E-state index is 11.7. The van der Waals surface area contributed by atoms with Gasteiger partial charge in [-0.1, -0.05) is 0 Å². The minimum atomic E-state index is -1.07. The fourth-order valence-corrected chi connectivity index (χ4v) is 2.37. The number of rotatable bonds is 1. The molecule has 0 fully saturated rings. The first-order valence-electron chi connectivity index (χ1n) is 6.21. The third-order valence-corrected chi connectivity index (χ3v) is 3.24. The van der Waals surface area contributed by atoms with Crippen LogP contribution in [0.4, 0.5) is 15.3 Å². The molecule has 1 aromatic carbocycles. The number of carbonyl (C=O) groups is 2. The van der Waals surface area contributed by atoms with E-state index in [0.717, 1.165) is 4.57 Å². The Morgan fingerprint density at radius 1 is 1.33 bits per heavy atom. The van der Waals surface area contributed by atoms with Gasteiger partial charge in [0.15, 0.2) is 0 Å². The third-order valence-electron chi connectivity index (χ3n) is 2.61. The highest BCUT2D eigenvalue weighted by Gasteiger charge is 2.17. The first kappa shape index (κ1) is 15.4. The lowest BCUT2D eigenvalue weighted by molar-refractivity contribution is 0.0636. The smallest absolute Gasteiger partial charge is 0.416 e. The van der Waals surface area contributed by atoms with E-state index in [0.29, 0.717) is 21.1 Å². The topological polar surface area (TPSA) is 80.6 Å². The van der Waals surface area contributed by atoms with Crippen molar-refractivity contribution in [2.24, 2.45) is 0 Å². The molecule has 0 atom stereocenters. The van der Waals surface area contributed by atoms with Crippen LogP contribution in [0.2, 0.25) is 0 Å². The van der Waals surface area contributed by atoms with Gasteiger partial charge < -0.3 is 9.84 Å². The summed E-state index contributed by atoms with van der Waals surface area (Å²) in [7, 11) is 0. The van der Waals surface area contributed by atoms with E-state index in [9.17, 15) is 9.59 Å². The Kier molecular flexibility index (Phi) is 3.95. The lowest BCUT2D eigenvalue weighted by Crippen LogP contribution is -2.27. The first-order valence-corrected chi connectivity index (χ1v) is 7.00. The minimum absolute atomic E-state index is 0.528. The van der Waals surface area contributed by atoms with E-state index < -0.39 is 17.8 Å². The number of anilines is 1. The van der Waals surface area contributed by atoms with Crippen molar-refractivity contribution in [3.05, 3.63) is 28.9 Å². The predicted molar refractivity (Wildman–Crippen MR) is 82.9 cm³/mol. The largest absolute Gasteiger partial charge is 0.464 e. The van der Waals surface area contributed by atoms with Gasteiger partial charge in [-0.25, -0.2) is 9.59 Å². The van der Waals surface area contributed by atoms with Gasteiger partial charge in [0, 0.05) is 21.7 Å². The van der Waals surface area contributed by atoms with Gasteiger partial charge in [-0.05, 0) is 54.9 Å². The highest BCUT2D eigenvalue weighted by molar-refractivity contribution is 9.10. The zero-order chi connectivity index (χ0) is 15.8. The first-order chi connectivity index (χ1) is 9.67. The zero-order valence-corrected chi connectivity index (χ0v) is 13.4. The van der Waals surface area contributed by atoms with Gasteiger partial charge in [0.2, 0.25) is 0 Å². The SMILES string of the molecule is CC(C)(C)OC(=O)Nc1ccc2c(c1)c(Br)cn2C(=O)O. The Morgan fingerprint density at radius 3 is 2.57 bits per heavy atom. The summed E-state index contributed by atoms with van der Waals surface area (Å²) in [6.45, 7) is 5.33. The lowest BCUT2D eigenvalue weighted by Gasteiger charge is -2.19. The fourth-order valence-electron chi connectivity index (χ4n) is 1.85. The van der Waals surface area contributed by atoms with Crippen LogP contribution in [-0.4, -0.2) is 27.5 Å². The number of aromatic nitrogens is 1. The van der Waals surface area contributed by atoms with Crippen LogP contribution in [-0.2, 0) is 4.74 Å². The number of halogens is 1.